The Bertz CT molecular complexity index is 1130. The molecule has 0 bridgehead atoms. The van der Waals surface area contributed by atoms with Crippen molar-refractivity contribution in [2.24, 2.45) is 0 Å². The van der Waals surface area contributed by atoms with Gasteiger partial charge in [0.2, 0.25) is 11.0 Å². The molecule has 0 aliphatic carbocycles. The van der Waals surface area contributed by atoms with E-state index in [1.165, 1.54) is 11.3 Å². The minimum atomic E-state index is -0.244. The molecule has 2 aromatic heterocycles. The van der Waals surface area contributed by atoms with Gasteiger partial charge in [-0.1, -0.05) is 48.5 Å². The van der Waals surface area contributed by atoms with E-state index in [4.69, 9.17) is 0 Å². The van der Waals surface area contributed by atoms with Crippen LogP contribution in [0.2, 0.25) is 0 Å². The normalized spacial score (nSPS) is 10.5. The summed E-state index contributed by atoms with van der Waals surface area (Å²) in [5, 5.41) is 8.11. The first-order valence-corrected chi connectivity index (χ1v) is 10.3. The van der Waals surface area contributed by atoms with Crippen molar-refractivity contribution in [1.82, 2.24) is 14.3 Å². The Balaban J connectivity index is 1.34. The molecule has 2 amide bonds. The van der Waals surface area contributed by atoms with Crippen LogP contribution in [-0.2, 0) is 11.2 Å². The Morgan fingerprint density at radius 3 is 2.34 bits per heavy atom. The lowest BCUT2D eigenvalue weighted by atomic mass is 10.2. The van der Waals surface area contributed by atoms with Crippen molar-refractivity contribution in [2.45, 2.75) is 6.42 Å². The highest BCUT2D eigenvalue weighted by Gasteiger charge is 2.13. The maximum Gasteiger partial charge on any atom is 0.257 e. The molecule has 9 heteroatoms. The van der Waals surface area contributed by atoms with E-state index in [2.05, 4.69) is 25.0 Å². The van der Waals surface area contributed by atoms with Crippen LogP contribution in [0.5, 0.6) is 0 Å². The van der Waals surface area contributed by atoms with Gasteiger partial charge in [-0.05, 0) is 12.1 Å². The van der Waals surface area contributed by atoms with Crippen LogP contribution >= 0.6 is 22.9 Å². The molecule has 0 saturated carbocycles. The summed E-state index contributed by atoms with van der Waals surface area (Å²) in [5.74, 6) is 0.0933. The van der Waals surface area contributed by atoms with Crippen molar-refractivity contribution in [3.63, 3.8) is 0 Å². The summed E-state index contributed by atoms with van der Waals surface area (Å²) < 4.78 is 4.27. The van der Waals surface area contributed by atoms with E-state index < -0.39 is 0 Å². The maximum atomic E-state index is 12.3. The highest BCUT2D eigenvalue weighted by atomic mass is 32.1. The van der Waals surface area contributed by atoms with Crippen LogP contribution in [0.3, 0.4) is 0 Å². The second kappa shape index (κ2) is 8.72. The first-order valence-electron chi connectivity index (χ1n) is 8.67. The molecule has 0 radical (unpaired) electrons. The van der Waals surface area contributed by atoms with E-state index in [1.54, 1.807) is 29.6 Å². The molecule has 7 nitrogen and oxygen atoms in total. The van der Waals surface area contributed by atoms with Gasteiger partial charge in [0.15, 0.2) is 11.0 Å². The molecule has 0 atom stereocenters. The average molecular weight is 422 g/mol. The fourth-order valence-electron chi connectivity index (χ4n) is 2.51. The lowest BCUT2D eigenvalue weighted by molar-refractivity contribution is -0.115. The van der Waals surface area contributed by atoms with Crippen molar-refractivity contribution in [2.75, 3.05) is 10.6 Å². The largest absolute Gasteiger partial charge is 0.300 e. The van der Waals surface area contributed by atoms with Gasteiger partial charge < -0.3 is 5.32 Å². The Kier molecular flexibility index (Phi) is 5.68. The highest BCUT2D eigenvalue weighted by molar-refractivity contribution is 7.14. The van der Waals surface area contributed by atoms with Gasteiger partial charge in [-0.15, -0.1) is 11.3 Å². The quantitative estimate of drug-likeness (QED) is 0.489. The number of thiazole rings is 1. The van der Waals surface area contributed by atoms with Gasteiger partial charge in [-0.25, -0.2) is 4.98 Å². The molecule has 0 aliphatic heterocycles. The number of carbonyl (C=O) groups is 2. The molecule has 0 aliphatic rings. The summed E-state index contributed by atoms with van der Waals surface area (Å²) in [5.41, 5.74) is 2.01. The van der Waals surface area contributed by atoms with E-state index in [1.807, 2.05) is 36.4 Å². The van der Waals surface area contributed by atoms with Crippen LogP contribution in [0.1, 0.15) is 16.1 Å². The van der Waals surface area contributed by atoms with E-state index in [9.17, 15) is 9.59 Å². The Labute approximate surface area is 174 Å². The standard InChI is InChI=1S/C20H15N5O2S2/c26-16(22-20-23-17(25-29-20)13-7-3-1-4-8-13)11-15-12-28-19(21-15)24-18(27)14-9-5-2-6-10-14/h1-10,12H,11H2,(H,21,24,27)(H,22,23,25,26). The fourth-order valence-corrected chi connectivity index (χ4v) is 3.82. The zero-order valence-corrected chi connectivity index (χ0v) is 16.7. The van der Waals surface area contributed by atoms with Gasteiger partial charge in [0.1, 0.15) is 0 Å². The van der Waals surface area contributed by atoms with Gasteiger partial charge in [0, 0.05) is 28.0 Å². The second-order valence-corrected chi connectivity index (χ2v) is 7.59. The topological polar surface area (TPSA) is 96.9 Å². The summed E-state index contributed by atoms with van der Waals surface area (Å²) >= 11 is 2.40. The number of nitrogens with one attached hydrogen (secondary N) is 2. The second-order valence-electron chi connectivity index (χ2n) is 5.98. The Morgan fingerprint density at radius 1 is 0.862 bits per heavy atom. The Morgan fingerprint density at radius 2 is 1.59 bits per heavy atom. The number of anilines is 2. The van der Waals surface area contributed by atoms with Crippen LogP contribution in [0.4, 0.5) is 10.3 Å². The molecule has 0 unspecified atom stereocenters. The molecule has 2 heterocycles. The van der Waals surface area contributed by atoms with Crippen molar-refractivity contribution in [3.8, 4) is 11.4 Å². The van der Waals surface area contributed by atoms with E-state index in [0.29, 0.717) is 27.3 Å². The average Bonchev–Trinajstić information content (AvgIpc) is 3.39. The number of amides is 2. The molecule has 0 fully saturated rings. The number of hydrogen-bond donors (Lipinski definition) is 2. The summed E-state index contributed by atoms with van der Waals surface area (Å²) in [6.45, 7) is 0. The van der Waals surface area contributed by atoms with Crippen LogP contribution in [0.15, 0.2) is 66.0 Å². The molecule has 4 rings (SSSR count). The molecule has 0 spiro atoms. The molecule has 4 aromatic rings. The van der Waals surface area contributed by atoms with E-state index in [-0.39, 0.29) is 18.2 Å². The van der Waals surface area contributed by atoms with Crippen LogP contribution in [0.25, 0.3) is 11.4 Å². The number of benzene rings is 2. The zero-order valence-electron chi connectivity index (χ0n) is 15.0. The summed E-state index contributed by atoms with van der Waals surface area (Å²) in [6.07, 6.45) is 0.0813. The minimum Gasteiger partial charge on any atom is -0.300 e. The van der Waals surface area contributed by atoms with Crippen LogP contribution in [0, 0.1) is 0 Å². The monoisotopic (exact) mass is 421 g/mol. The molecule has 144 valence electrons. The number of nitrogens with zero attached hydrogens (tertiary/aromatic N) is 3. The third-order valence-electron chi connectivity index (χ3n) is 3.85. The maximum absolute atomic E-state index is 12.3. The molecule has 0 saturated heterocycles. The summed E-state index contributed by atoms with van der Waals surface area (Å²) in [4.78, 5) is 33.1. The highest BCUT2D eigenvalue weighted by Crippen LogP contribution is 2.21. The Hall–Kier alpha value is -3.43. The SMILES string of the molecule is O=C(Cc1csc(NC(=O)c2ccccc2)n1)Nc1nc(-c2ccccc2)ns1. The number of carbonyl (C=O) groups excluding carboxylic acids is 2. The summed E-state index contributed by atoms with van der Waals surface area (Å²) in [6, 6.07) is 18.4. The van der Waals surface area contributed by atoms with Gasteiger partial charge in [-0.2, -0.15) is 9.36 Å². The van der Waals surface area contributed by atoms with Gasteiger partial charge in [0.05, 0.1) is 12.1 Å². The predicted octanol–water partition coefficient (Wildman–Crippen LogP) is 4.10. The zero-order chi connectivity index (χ0) is 20.1. The van der Waals surface area contributed by atoms with Crippen molar-refractivity contribution in [3.05, 3.63) is 77.3 Å². The number of rotatable bonds is 6. The van der Waals surface area contributed by atoms with Crippen molar-refractivity contribution >= 4 is 44.9 Å². The number of aromatic nitrogens is 3. The van der Waals surface area contributed by atoms with Crippen LogP contribution < -0.4 is 10.6 Å². The van der Waals surface area contributed by atoms with Crippen LogP contribution in [-0.4, -0.2) is 26.2 Å². The number of hydrogen-bond acceptors (Lipinski definition) is 7. The third-order valence-corrected chi connectivity index (χ3v) is 5.29. The first-order chi connectivity index (χ1) is 14.2. The van der Waals surface area contributed by atoms with E-state index in [0.717, 1.165) is 17.1 Å². The fraction of sp³-hybridized carbons (Fsp3) is 0.0500. The van der Waals surface area contributed by atoms with Crippen molar-refractivity contribution in [1.29, 1.82) is 0 Å². The van der Waals surface area contributed by atoms with Gasteiger partial charge in [-0.3, -0.25) is 14.9 Å². The third kappa shape index (κ3) is 4.89. The molecule has 29 heavy (non-hydrogen) atoms. The lowest BCUT2D eigenvalue weighted by Crippen LogP contribution is -2.15. The molecule has 2 aromatic carbocycles. The molecule has 2 N–H and O–H groups in total. The first kappa shape index (κ1) is 18.9. The smallest absolute Gasteiger partial charge is 0.257 e. The molecular weight excluding hydrogens is 406 g/mol. The molecular formula is C20H15N5O2S2. The van der Waals surface area contributed by atoms with E-state index >= 15 is 0 Å². The van der Waals surface area contributed by atoms with Gasteiger partial charge >= 0.3 is 0 Å². The van der Waals surface area contributed by atoms with Crippen molar-refractivity contribution < 1.29 is 9.59 Å². The lowest BCUT2D eigenvalue weighted by Gasteiger charge is -2.01. The summed E-state index contributed by atoms with van der Waals surface area (Å²) in [7, 11) is 0. The predicted molar refractivity (Wildman–Crippen MR) is 114 cm³/mol. The van der Waals surface area contributed by atoms with Gasteiger partial charge in [0.25, 0.3) is 5.91 Å². The minimum absolute atomic E-state index is 0.0813.